The molecule has 0 radical (unpaired) electrons. The first-order valence-electron chi connectivity index (χ1n) is 10.9. The Balaban J connectivity index is 1.63. The van der Waals surface area contributed by atoms with Gasteiger partial charge in [-0.25, -0.2) is 9.59 Å². The van der Waals surface area contributed by atoms with Gasteiger partial charge in [-0.1, -0.05) is 37.6 Å². The quantitative estimate of drug-likeness (QED) is 0.413. The fourth-order valence-electron chi connectivity index (χ4n) is 3.54. The summed E-state index contributed by atoms with van der Waals surface area (Å²) in [5.74, 6) is -0.00626. The lowest BCUT2D eigenvalue weighted by atomic mass is 10.1. The molecule has 178 valence electrons. The van der Waals surface area contributed by atoms with E-state index >= 15 is 0 Å². The van der Waals surface area contributed by atoms with E-state index in [1.807, 2.05) is 13.8 Å². The molecule has 2 heterocycles. The van der Waals surface area contributed by atoms with E-state index in [1.54, 1.807) is 41.4 Å². The maximum absolute atomic E-state index is 12.7. The molecule has 1 aromatic carbocycles. The van der Waals surface area contributed by atoms with Crippen molar-refractivity contribution < 1.29 is 28.6 Å². The highest BCUT2D eigenvalue weighted by Gasteiger charge is 2.26. The molecular weight excluding hydrogens is 448 g/mol. The number of rotatable bonds is 8. The van der Waals surface area contributed by atoms with Crippen LogP contribution in [0.2, 0.25) is 5.02 Å². The molecule has 1 amide bonds. The fourth-order valence-corrected chi connectivity index (χ4v) is 3.73. The average Bonchev–Trinajstić information content (AvgIpc) is 3.19. The van der Waals surface area contributed by atoms with Gasteiger partial charge in [-0.2, -0.15) is 0 Å². The van der Waals surface area contributed by atoms with E-state index in [4.69, 9.17) is 25.8 Å². The summed E-state index contributed by atoms with van der Waals surface area (Å²) >= 11 is 5.98. The summed E-state index contributed by atoms with van der Waals surface area (Å²) in [4.78, 5) is 38.8. The van der Waals surface area contributed by atoms with E-state index in [9.17, 15) is 14.4 Å². The van der Waals surface area contributed by atoms with E-state index in [0.717, 1.165) is 0 Å². The molecule has 0 unspecified atom stereocenters. The highest BCUT2D eigenvalue weighted by atomic mass is 35.5. The molecule has 0 bridgehead atoms. The fraction of sp³-hybridized carbons (Fsp3) is 0.458. The Bertz CT molecular complexity index is 995. The van der Waals surface area contributed by atoms with Gasteiger partial charge in [-0.3, -0.25) is 4.79 Å². The molecule has 1 fully saturated rings. The predicted molar refractivity (Wildman–Crippen MR) is 123 cm³/mol. The maximum atomic E-state index is 12.7. The number of methoxy groups -OCH3 is 1. The van der Waals surface area contributed by atoms with Crippen LogP contribution in [0.25, 0.3) is 0 Å². The number of piperidine rings is 1. The first kappa shape index (κ1) is 24.6. The number of halogens is 1. The van der Waals surface area contributed by atoms with Gasteiger partial charge in [0, 0.05) is 48.8 Å². The zero-order chi connectivity index (χ0) is 24.0. The molecule has 0 saturated carbocycles. The summed E-state index contributed by atoms with van der Waals surface area (Å²) < 4.78 is 17.7. The van der Waals surface area contributed by atoms with Crippen LogP contribution in [0.1, 0.15) is 47.5 Å². The Kier molecular flexibility index (Phi) is 8.38. The van der Waals surface area contributed by atoms with Gasteiger partial charge in [-0.15, -0.1) is 0 Å². The van der Waals surface area contributed by atoms with Gasteiger partial charge < -0.3 is 23.7 Å². The van der Waals surface area contributed by atoms with E-state index < -0.39 is 5.97 Å². The molecule has 33 heavy (non-hydrogen) atoms. The van der Waals surface area contributed by atoms with Crippen LogP contribution in [0.15, 0.2) is 36.5 Å². The van der Waals surface area contributed by atoms with Crippen molar-refractivity contribution in [3.05, 3.63) is 52.8 Å². The van der Waals surface area contributed by atoms with Crippen LogP contribution < -0.4 is 4.74 Å². The predicted octanol–water partition coefficient (Wildman–Crippen LogP) is 4.45. The molecule has 0 N–H and O–H groups in total. The van der Waals surface area contributed by atoms with Gasteiger partial charge >= 0.3 is 12.1 Å². The van der Waals surface area contributed by atoms with Crippen molar-refractivity contribution in [1.29, 1.82) is 0 Å². The first-order chi connectivity index (χ1) is 15.8. The van der Waals surface area contributed by atoms with Crippen molar-refractivity contribution >= 4 is 29.4 Å². The number of Topliss-reactive ketones (excluding diaryl/α,β-unsaturated/α-hetero) is 1. The number of ether oxygens (including phenoxy) is 3. The summed E-state index contributed by atoms with van der Waals surface area (Å²) in [6.45, 7) is 5.37. The molecule has 9 heteroatoms. The van der Waals surface area contributed by atoms with Crippen LogP contribution in [-0.4, -0.2) is 60.2 Å². The summed E-state index contributed by atoms with van der Waals surface area (Å²) in [5, 5.41) is 0.463. The number of hydrogen-bond acceptors (Lipinski definition) is 6. The molecule has 1 saturated heterocycles. The van der Waals surface area contributed by atoms with Crippen molar-refractivity contribution in [3.63, 3.8) is 0 Å². The van der Waals surface area contributed by atoms with Crippen LogP contribution in [0.4, 0.5) is 4.79 Å². The number of carbonyl (C=O) groups excluding carboxylic acids is 3. The minimum atomic E-state index is -0.563. The highest BCUT2D eigenvalue weighted by molar-refractivity contribution is 6.31. The van der Waals surface area contributed by atoms with Crippen molar-refractivity contribution in [2.45, 2.75) is 39.3 Å². The summed E-state index contributed by atoms with van der Waals surface area (Å²) in [5.41, 5.74) is 0.670. The molecule has 8 nitrogen and oxygen atoms in total. The van der Waals surface area contributed by atoms with E-state index in [1.165, 1.54) is 11.7 Å². The molecular formula is C24H29ClN2O6. The minimum Gasteiger partial charge on any atom is -0.489 e. The van der Waals surface area contributed by atoms with Crippen LogP contribution >= 0.6 is 11.6 Å². The lowest BCUT2D eigenvalue weighted by Gasteiger charge is -2.31. The van der Waals surface area contributed by atoms with Gasteiger partial charge in [0.05, 0.1) is 20.3 Å². The smallest absolute Gasteiger partial charge is 0.409 e. The van der Waals surface area contributed by atoms with Crippen molar-refractivity contribution in [2.75, 3.05) is 26.8 Å². The third-order valence-electron chi connectivity index (χ3n) is 5.27. The molecule has 0 atom stereocenters. The lowest BCUT2D eigenvalue weighted by molar-refractivity contribution is 0.0582. The topological polar surface area (TPSA) is 87.1 Å². The zero-order valence-corrected chi connectivity index (χ0v) is 19.8. The standard InChI is InChI=1S/C24H29ClN2O6/c1-16(2)15-32-24(30)26-9-7-19(8-10-26)33-20-12-21(23(29)31-3)27(13-20)14-22(28)17-5-4-6-18(25)11-17/h4-6,11-13,16,19H,7-10,14-15H2,1-3H3. The monoisotopic (exact) mass is 476 g/mol. The number of hydrogen-bond donors (Lipinski definition) is 0. The second kappa shape index (κ2) is 11.2. The molecule has 1 aliphatic heterocycles. The third kappa shape index (κ3) is 6.74. The number of aromatic nitrogens is 1. The molecule has 3 rings (SSSR count). The lowest BCUT2D eigenvalue weighted by Crippen LogP contribution is -2.42. The molecule has 0 aliphatic carbocycles. The normalized spacial score (nSPS) is 14.3. The van der Waals surface area contributed by atoms with Crippen LogP contribution in [-0.2, 0) is 16.0 Å². The number of amides is 1. The zero-order valence-electron chi connectivity index (χ0n) is 19.1. The molecule has 1 aliphatic rings. The van der Waals surface area contributed by atoms with Gasteiger partial charge in [0.1, 0.15) is 17.5 Å². The summed E-state index contributed by atoms with van der Waals surface area (Å²) in [7, 11) is 1.28. The Morgan fingerprint density at radius 1 is 1.15 bits per heavy atom. The van der Waals surface area contributed by atoms with E-state index in [2.05, 4.69) is 0 Å². The number of benzene rings is 1. The second-order valence-corrected chi connectivity index (χ2v) is 8.83. The number of nitrogens with zero attached hydrogens (tertiary/aromatic N) is 2. The Labute approximate surface area is 198 Å². The Morgan fingerprint density at radius 2 is 1.88 bits per heavy atom. The average molecular weight is 477 g/mol. The molecule has 0 spiro atoms. The van der Waals surface area contributed by atoms with E-state index in [0.29, 0.717) is 48.9 Å². The second-order valence-electron chi connectivity index (χ2n) is 8.39. The number of carbonyl (C=O) groups is 3. The van der Waals surface area contributed by atoms with Crippen LogP contribution in [0.3, 0.4) is 0 Å². The number of likely N-dealkylation sites (tertiary alicyclic amines) is 1. The van der Waals surface area contributed by atoms with E-state index in [-0.39, 0.29) is 36.1 Å². The van der Waals surface area contributed by atoms with Gasteiger partial charge in [0.15, 0.2) is 5.78 Å². The SMILES string of the molecule is COC(=O)c1cc(OC2CCN(C(=O)OCC(C)C)CC2)cn1CC(=O)c1cccc(Cl)c1. The van der Waals surface area contributed by atoms with Crippen molar-refractivity contribution in [1.82, 2.24) is 9.47 Å². The Morgan fingerprint density at radius 3 is 2.52 bits per heavy atom. The summed E-state index contributed by atoms with van der Waals surface area (Å²) in [6.07, 6.45) is 2.47. The van der Waals surface area contributed by atoms with Crippen LogP contribution in [0, 0.1) is 5.92 Å². The van der Waals surface area contributed by atoms with Crippen molar-refractivity contribution in [2.24, 2.45) is 5.92 Å². The van der Waals surface area contributed by atoms with Crippen molar-refractivity contribution in [3.8, 4) is 5.75 Å². The number of esters is 1. The highest BCUT2D eigenvalue weighted by Crippen LogP contribution is 2.24. The molecule has 2 aromatic rings. The summed E-state index contributed by atoms with van der Waals surface area (Å²) in [6, 6.07) is 8.22. The largest absolute Gasteiger partial charge is 0.489 e. The van der Waals surface area contributed by atoms with Gasteiger partial charge in [0.2, 0.25) is 0 Å². The van der Waals surface area contributed by atoms with Crippen LogP contribution in [0.5, 0.6) is 5.75 Å². The van der Waals surface area contributed by atoms with Gasteiger partial charge in [0.25, 0.3) is 0 Å². The number of ketones is 1. The molecule has 1 aromatic heterocycles. The van der Waals surface area contributed by atoms with Gasteiger partial charge in [-0.05, 0) is 18.1 Å². The third-order valence-corrected chi connectivity index (χ3v) is 5.50. The first-order valence-corrected chi connectivity index (χ1v) is 11.3. The maximum Gasteiger partial charge on any atom is 0.409 e. The Hall–Kier alpha value is -3.00. The minimum absolute atomic E-state index is 0.0612.